The number of pyridine rings is 1. The molecule has 0 aliphatic heterocycles. The van der Waals surface area contributed by atoms with E-state index in [0.717, 1.165) is 0 Å². The van der Waals surface area contributed by atoms with Gasteiger partial charge >= 0.3 is 5.97 Å². The number of hydrogen-bond donors (Lipinski definition) is 0. The molecule has 0 unspecified atom stereocenters. The second-order valence-corrected chi connectivity index (χ2v) is 3.80. The van der Waals surface area contributed by atoms with Gasteiger partial charge in [-0.25, -0.2) is 14.2 Å². The summed E-state index contributed by atoms with van der Waals surface area (Å²) < 4.78 is 19.8. The Morgan fingerprint density at radius 1 is 1.53 bits per heavy atom. The van der Waals surface area contributed by atoms with E-state index in [1.165, 1.54) is 10.6 Å². The van der Waals surface area contributed by atoms with Crippen molar-refractivity contribution < 1.29 is 13.9 Å². The smallest absolute Gasteiger partial charge is 0.357 e. The number of esters is 1. The summed E-state index contributed by atoms with van der Waals surface area (Å²) in [5.74, 6) is -0.860. The van der Waals surface area contributed by atoms with E-state index in [9.17, 15) is 9.18 Å². The van der Waals surface area contributed by atoms with E-state index in [-0.39, 0.29) is 18.1 Å². The van der Waals surface area contributed by atoms with Crippen LogP contribution in [-0.4, -0.2) is 22.0 Å². The largest absolute Gasteiger partial charge is 0.461 e. The van der Waals surface area contributed by atoms with E-state index in [1.54, 1.807) is 26.8 Å². The van der Waals surface area contributed by atoms with Crippen molar-refractivity contribution >= 4 is 11.6 Å². The average Bonchev–Trinajstić information content (AvgIpc) is 2.55. The molecule has 0 bridgehead atoms. The summed E-state index contributed by atoms with van der Waals surface area (Å²) in [6.45, 7) is 5.36. The zero-order valence-corrected chi connectivity index (χ0v) is 9.95. The quantitative estimate of drug-likeness (QED) is 0.751. The third-order valence-electron chi connectivity index (χ3n) is 2.55. The standard InChI is InChI=1S/C12H13FN2O2/c1-4-17-12(16)11-8(3)14-10-5-7(2)9(13)6-15(10)11/h5-6H,4H2,1-3H3. The normalized spacial score (nSPS) is 10.8. The van der Waals surface area contributed by atoms with Crippen molar-refractivity contribution in [3.05, 3.63) is 35.0 Å². The maximum atomic E-state index is 13.5. The third kappa shape index (κ3) is 1.88. The van der Waals surface area contributed by atoms with Gasteiger partial charge in [0.15, 0.2) is 5.69 Å². The van der Waals surface area contributed by atoms with E-state index in [1.807, 2.05) is 0 Å². The Balaban J connectivity index is 2.66. The van der Waals surface area contributed by atoms with Gasteiger partial charge in [-0.2, -0.15) is 0 Å². The number of hydrogen-bond acceptors (Lipinski definition) is 3. The van der Waals surface area contributed by atoms with Crippen molar-refractivity contribution in [3.8, 4) is 0 Å². The molecule has 17 heavy (non-hydrogen) atoms. The molecule has 2 aromatic rings. The van der Waals surface area contributed by atoms with Crippen LogP contribution in [0.3, 0.4) is 0 Å². The number of fused-ring (bicyclic) bond motifs is 1. The Bertz CT molecular complexity index is 590. The molecule has 2 heterocycles. The highest BCUT2D eigenvalue weighted by Crippen LogP contribution is 2.16. The van der Waals surface area contributed by atoms with Crippen molar-refractivity contribution in [2.24, 2.45) is 0 Å². The number of carbonyl (C=O) groups is 1. The molecule has 0 atom stereocenters. The van der Waals surface area contributed by atoms with Crippen molar-refractivity contribution in [3.63, 3.8) is 0 Å². The molecule has 0 fully saturated rings. The Labute approximate surface area is 98.0 Å². The molecule has 0 spiro atoms. The van der Waals surface area contributed by atoms with E-state index >= 15 is 0 Å². The van der Waals surface area contributed by atoms with Crippen LogP contribution in [0.15, 0.2) is 12.3 Å². The van der Waals surface area contributed by atoms with Crippen LogP contribution in [0.25, 0.3) is 5.65 Å². The fourth-order valence-electron chi connectivity index (χ4n) is 1.72. The fourth-order valence-corrected chi connectivity index (χ4v) is 1.72. The summed E-state index contributed by atoms with van der Waals surface area (Å²) in [6.07, 6.45) is 1.26. The molecule has 0 amide bonds. The van der Waals surface area contributed by atoms with Crippen molar-refractivity contribution in [2.45, 2.75) is 20.8 Å². The highest BCUT2D eigenvalue weighted by Gasteiger charge is 2.18. The van der Waals surface area contributed by atoms with Crippen LogP contribution < -0.4 is 0 Å². The van der Waals surface area contributed by atoms with Crippen molar-refractivity contribution in [1.82, 2.24) is 9.38 Å². The van der Waals surface area contributed by atoms with E-state index in [2.05, 4.69) is 4.98 Å². The number of halogens is 1. The van der Waals surface area contributed by atoms with E-state index < -0.39 is 5.97 Å². The average molecular weight is 236 g/mol. The van der Waals surface area contributed by atoms with Gasteiger partial charge in [-0.05, 0) is 32.4 Å². The minimum Gasteiger partial charge on any atom is -0.461 e. The fraction of sp³-hybridized carbons (Fsp3) is 0.333. The summed E-state index contributed by atoms with van der Waals surface area (Å²) in [5.41, 5.74) is 1.86. The van der Waals surface area contributed by atoms with Gasteiger partial charge in [-0.3, -0.25) is 4.40 Å². The lowest BCUT2D eigenvalue weighted by Gasteiger charge is -2.03. The number of imidazole rings is 1. The van der Waals surface area contributed by atoms with Gasteiger partial charge in [0.1, 0.15) is 11.5 Å². The van der Waals surface area contributed by atoms with Crippen LogP contribution in [0.5, 0.6) is 0 Å². The minimum atomic E-state index is -0.485. The van der Waals surface area contributed by atoms with Gasteiger partial charge in [0, 0.05) is 6.20 Å². The number of rotatable bonds is 2. The second kappa shape index (κ2) is 4.16. The summed E-state index contributed by atoms with van der Waals surface area (Å²) >= 11 is 0. The Morgan fingerprint density at radius 3 is 2.88 bits per heavy atom. The van der Waals surface area contributed by atoms with Gasteiger partial charge in [-0.15, -0.1) is 0 Å². The van der Waals surface area contributed by atoms with Gasteiger partial charge < -0.3 is 4.74 Å². The molecule has 0 aliphatic carbocycles. The SMILES string of the molecule is CCOC(=O)c1c(C)nc2cc(C)c(F)cn12. The van der Waals surface area contributed by atoms with Crippen LogP contribution in [0.1, 0.15) is 28.7 Å². The molecular weight excluding hydrogens is 223 g/mol. The lowest BCUT2D eigenvalue weighted by Crippen LogP contribution is -2.09. The number of nitrogens with zero attached hydrogens (tertiary/aromatic N) is 2. The predicted octanol–water partition coefficient (Wildman–Crippen LogP) is 2.27. The second-order valence-electron chi connectivity index (χ2n) is 3.80. The zero-order valence-electron chi connectivity index (χ0n) is 9.95. The third-order valence-corrected chi connectivity index (χ3v) is 2.55. The maximum Gasteiger partial charge on any atom is 0.357 e. The highest BCUT2D eigenvalue weighted by molar-refractivity contribution is 5.90. The summed E-state index contributed by atoms with van der Waals surface area (Å²) in [5, 5.41) is 0. The first kappa shape index (κ1) is 11.6. The molecule has 2 rings (SSSR count). The van der Waals surface area contributed by atoms with E-state index in [4.69, 9.17) is 4.74 Å². The predicted molar refractivity (Wildman–Crippen MR) is 60.6 cm³/mol. The monoisotopic (exact) mass is 236 g/mol. The van der Waals surface area contributed by atoms with Crippen LogP contribution in [0.4, 0.5) is 4.39 Å². The molecule has 5 heteroatoms. The number of aromatic nitrogens is 2. The topological polar surface area (TPSA) is 43.6 Å². The molecule has 2 aromatic heterocycles. The van der Waals surface area contributed by atoms with E-state index in [0.29, 0.717) is 16.9 Å². The molecular formula is C12H13FN2O2. The Hall–Kier alpha value is -1.91. The minimum absolute atomic E-state index is 0.278. The first-order valence-electron chi connectivity index (χ1n) is 5.36. The zero-order chi connectivity index (χ0) is 12.6. The molecule has 0 N–H and O–H groups in total. The molecule has 0 saturated heterocycles. The Kier molecular flexibility index (Phi) is 2.83. The number of aryl methyl sites for hydroxylation is 2. The van der Waals surface area contributed by atoms with Crippen LogP contribution in [0, 0.1) is 19.7 Å². The summed E-state index contributed by atoms with van der Waals surface area (Å²) in [4.78, 5) is 15.9. The van der Waals surface area contributed by atoms with Crippen LogP contribution in [0.2, 0.25) is 0 Å². The lowest BCUT2D eigenvalue weighted by atomic mass is 10.3. The summed E-state index contributed by atoms with van der Waals surface area (Å²) in [7, 11) is 0. The first-order chi connectivity index (χ1) is 8.04. The maximum absolute atomic E-state index is 13.5. The highest BCUT2D eigenvalue weighted by atomic mass is 19.1. The number of carbonyl (C=O) groups excluding carboxylic acids is 1. The van der Waals surface area contributed by atoms with Crippen LogP contribution in [-0.2, 0) is 4.74 Å². The molecule has 0 aliphatic rings. The molecule has 0 saturated carbocycles. The van der Waals surface area contributed by atoms with Gasteiger partial charge in [-0.1, -0.05) is 0 Å². The van der Waals surface area contributed by atoms with Crippen molar-refractivity contribution in [1.29, 1.82) is 0 Å². The van der Waals surface area contributed by atoms with Gasteiger partial charge in [0.25, 0.3) is 0 Å². The molecule has 90 valence electrons. The van der Waals surface area contributed by atoms with Crippen molar-refractivity contribution in [2.75, 3.05) is 6.61 Å². The van der Waals surface area contributed by atoms with Gasteiger partial charge in [0.2, 0.25) is 0 Å². The lowest BCUT2D eigenvalue weighted by molar-refractivity contribution is 0.0517. The van der Waals surface area contributed by atoms with Crippen LogP contribution >= 0.6 is 0 Å². The molecule has 4 nitrogen and oxygen atoms in total. The first-order valence-corrected chi connectivity index (χ1v) is 5.36. The van der Waals surface area contributed by atoms with Gasteiger partial charge in [0.05, 0.1) is 12.3 Å². The number of ether oxygens (including phenoxy) is 1. The summed E-state index contributed by atoms with van der Waals surface area (Å²) in [6, 6.07) is 1.60. The molecule has 0 radical (unpaired) electrons. The molecule has 0 aromatic carbocycles. The Morgan fingerprint density at radius 2 is 2.24 bits per heavy atom.